The van der Waals surface area contributed by atoms with Crippen LogP contribution in [0, 0.1) is 13.8 Å². The molecule has 0 saturated heterocycles. The van der Waals surface area contributed by atoms with E-state index in [1.54, 1.807) is 12.4 Å². The van der Waals surface area contributed by atoms with Crippen molar-refractivity contribution in [2.75, 3.05) is 11.4 Å². The first kappa shape index (κ1) is 15.3. The van der Waals surface area contributed by atoms with E-state index in [9.17, 15) is 0 Å². The summed E-state index contributed by atoms with van der Waals surface area (Å²) in [6.07, 6.45) is 5.31. The molecule has 0 fully saturated rings. The Hall–Kier alpha value is -2.57. The Morgan fingerprint density at radius 1 is 1.13 bits per heavy atom. The van der Waals surface area contributed by atoms with Gasteiger partial charge in [-0.1, -0.05) is 0 Å². The molecule has 0 N–H and O–H groups in total. The van der Waals surface area contributed by atoms with Crippen molar-refractivity contribution in [2.24, 2.45) is 0 Å². The number of aryl methyl sites for hydroxylation is 2. The van der Waals surface area contributed by atoms with Crippen LogP contribution in [0.2, 0.25) is 0 Å². The van der Waals surface area contributed by atoms with Crippen molar-refractivity contribution < 1.29 is 0 Å². The van der Waals surface area contributed by atoms with E-state index in [-0.39, 0.29) is 0 Å². The molecule has 0 radical (unpaired) electrons. The second-order valence-electron chi connectivity index (χ2n) is 5.76. The average Bonchev–Trinajstić information content (AvgIpc) is 2.89. The van der Waals surface area contributed by atoms with Crippen LogP contribution in [0.25, 0.3) is 17.0 Å². The summed E-state index contributed by atoms with van der Waals surface area (Å²) in [5, 5.41) is 8.50. The molecule has 0 aromatic carbocycles. The first-order chi connectivity index (χ1) is 11.0. The predicted octanol–water partition coefficient (Wildman–Crippen LogP) is 2.43. The molecule has 3 aromatic rings. The Morgan fingerprint density at radius 2 is 1.87 bits per heavy atom. The van der Waals surface area contributed by atoms with E-state index in [1.807, 2.05) is 24.4 Å². The predicted molar refractivity (Wildman–Crippen MR) is 89.4 cm³/mol. The first-order valence-electron chi connectivity index (χ1n) is 7.80. The Morgan fingerprint density at radius 3 is 2.52 bits per heavy atom. The van der Waals surface area contributed by atoms with E-state index in [0.717, 1.165) is 40.9 Å². The fourth-order valence-electron chi connectivity index (χ4n) is 2.72. The number of fused-ring (bicyclic) bond motifs is 1. The number of rotatable bonds is 4. The minimum Gasteiger partial charge on any atom is -0.351 e. The number of nitrogens with zero attached hydrogens (tertiary/aromatic N) is 7. The lowest BCUT2D eigenvalue weighted by atomic mass is 10.2. The van der Waals surface area contributed by atoms with Gasteiger partial charge in [-0.25, -0.2) is 4.98 Å². The van der Waals surface area contributed by atoms with E-state index in [4.69, 9.17) is 4.98 Å². The van der Waals surface area contributed by atoms with Crippen molar-refractivity contribution in [1.29, 1.82) is 0 Å². The highest BCUT2D eigenvalue weighted by atomic mass is 15.3. The van der Waals surface area contributed by atoms with Crippen molar-refractivity contribution in [3.63, 3.8) is 0 Å². The van der Waals surface area contributed by atoms with E-state index in [0.29, 0.717) is 6.04 Å². The van der Waals surface area contributed by atoms with Crippen molar-refractivity contribution in [3.8, 4) is 11.4 Å². The fraction of sp³-hybridized carbons (Fsp3) is 0.438. The van der Waals surface area contributed by atoms with Gasteiger partial charge in [0, 0.05) is 31.2 Å². The molecule has 3 heterocycles. The van der Waals surface area contributed by atoms with Gasteiger partial charge in [-0.3, -0.25) is 14.4 Å². The van der Waals surface area contributed by atoms with Gasteiger partial charge in [-0.15, -0.1) is 10.2 Å². The summed E-state index contributed by atoms with van der Waals surface area (Å²) >= 11 is 0. The Balaban J connectivity index is 2.29. The third-order valence-corrected chi connectivity index (χ3v) is 3.90. The molecule has 0 aliphatic carbocycles. The maximum atomic E-state index is 4.84. The molecule has 0 amide bonds. The molecular weight excluding hydrogens is 290 g/mol. The van der Waals surface area contributed by atoms with Gasteiger partial charge in [0.1, 0.15) is 17.2 Å². The quantitative estimate of drug-likeness (QED) is 0.737. The Kier molecular flexibility index (Phi) is 3.94. The van der Waals surface area contributed by atoms with Gasteiger partial charge >= 0.3 is 0 Å². The lowest BCUT2D eigenvalue weighted by Gasteiger charge is -2.26. The molecule has 0 aliphatic heterocycles. The molecule has 0 bridgehead atoms. The molecule has 0 spiro atoms. The highest BCUT2D eigenvalue weighted by molar-refractivity contribution is 5.69. The summed E-state index contributed by atoms with van der Waals surface area (Å²) in [5.41, 5.74) is 3.18. The standard InChI is InChI=1S/C16H21N7/c1-6-22(10(2)3)15-16-21-20-12(5)23(16)9-13(19-15)14-11(4)17-7-8-18-14/h7-10H,6H2,1-5H3. The molecule has 0 aliphatic rings. The zero-order valence-electron chi connectivity index (χ0n) is 14.1. The second-order valence-corrected chi connectivity index (χ2v) is 5.76. The third-order valence-electron chi connectivity index (χ3n) is 3.90. The molecule has 3 aromatic heterocycles. The Labute approximate surface area is 135 Å². The van der Waals surface area contributed by atoms with E-state index < -0.39 is 0 Å². The maximum Gasteiger partial charge on any atom is 0.203 e. The van der Waals surface area contributed by atoms with Crippen LogP contribution in [-0.2, 0) is 0 Å². The number of aromatic nitrogens is 6. The van der Waals surface area contributed by atoms with Crippen LogP contribution in [0.15, 0.2) is 18.6 Å². The van der Waals surface area contributed by atoms with Crippen molar-refractivity contribution in [2.45, 2.75) is 40.7 Å². The van der Waals surface area contributed by atoms with Crippen molar-refractivity contribution >= 4 is 11.5 Å². The van der Waals surface area contributed by atoms with Gasteiger partial charge in [0.25, 0.3) is 0 Å². The molecular formula is C16H21N7. The van der Waals surface area contributed by atoms with Gasteiger partial charge in [0.2, 0.25) is 5.65 Å². The summed E-state index contributed by atoms with van der Waals surface area (Å²) in [6.45, 7) is 11.1. The zero-order chi connectivity index (χ0) is 16.6. The molecule has 23 heavy (non-hydrogen) atoms. The average molecular weight is 311 g/mol. The van der Waals surface area contributed by atoms with Crippen LogP contribution in [0.5, 0.6) is 0 Å². The lowest BCUT2D eigenvalue weighted by molar-refractivity contribution is 0.693. The van der Waals surface area contributed by atoms with E-state index >= 15 is 0 Å². The summed E-state index contributed by atoms with van der Waals surface area (Å²) in [6, 6.07) is 0.312. The molecule has 120 valence electrons. The highest BCUT2D eigenvalue weighted by Gasteiger charge is 2.19. The molecule has 0 unspecified atom stereocenters. The van der Waals surface area contributed by atoms with Crippen LogP contribution < -0.4 is 4.90 Å². The van der Waals surface area contributed by atoms with Gasteiger partial charge < -0.3 is 4.90 Å². The van der Waals surface area contributed by atoms with Crippen molar-refractivity contribution in [3.05, 3.63) is 30.1 Å². The largest absolute Gasteiger partial charge is 0.351 e. The molecule has 0 saturated carbocycles. The Bertz CT molecular complexity index is 838. The topological polar surface area (TPSA) is 72.1 Å². The first-order valence-corrected chi connectivity index (χ1v) is 7.80. The van der Waals surface area contributed by atoms with Gasteiger partial charge in [-0.2, -0.15) is 0 Å². The minimum absolute atomic E-state index is 0.312. The minimum atomic E-state index is 0.312. The number of hydrogen-bond acceptors (Lipinski definition) is 6. The number of anilines is 1. The van der Waals surface area contributed by atoms with Crippen LogP contribution in [0.3, 0.4) is 0 Å². The fourth-order valence-corrected chi connectivity index (χ4v) is 2.72. The molecule has 3 rings (SSSR count). The SMILES string of the molecule is CCN(c1nc(-c2nccnc2C)cn2c(C)nnc12)C(C)C. The summed E-state index contributed by atoms with van der Waals surface area (Å²) in [5.74, 6) is 1.65. The number of hydrogen-bond donors (Lipinski definition) is 0. The smallest absolute Gasteiger partial charge is 0.203 e. The van der Waals surface area contributed by atoms with Crippen LogP contribution in [0.1, 0.15) is 32.3 Å². The summed E-state index contributed by atoms with van der Waals surface area (Å²) in [4.78, 5) is 15.8. The summed E-state index contributed by atoms with van der Waals surface area (Å²) in [7, 11) is 0. The zero-order valence-corrected chi connectivity index (χ0v) is 14.1. The highest BCUT2D eigenvalue weighted by Crippen LogP contribution is 2.26. The second kappa shape index (κ2) is 5.91. The van der Waals surface area contributed by atoms with Gasteiger partial charge in [0.15, 0.2) is 5.82 Å². The van der Waals surface area contributed by atoms with Gasteiger partial charge in [0.05, 0.1) is 5.69 Å². The summed E-state index contributed by atoms with van der Waals surface area (Å²) < 4.78 is 1.97. The lowest BCUT2D eigenvalue weighted by Crippen LogP contribution is -2.31. The van der Waals surface area contributed by atoms with E-state index in [2.05, 4.69) is 45.8 Å². The molecule has 7 nitrogen and oxygen atoms in total. The van der Waals surface area contributed by atoms with Crippen LogP contribution in [-0.4, -0.2) is 42.1 Å². The molecule has 0 atom stereocenters. The van der Waals surface area contributed by atoms with E-state index in [1.165, 1.54) is 0 Å². The molecule has 7 heteroatoms. The van der Waals surface area contributed by atoms with Crippen molar-refractivity contribution in [1.82, 2.24) is 29.5 Å². The third kappa shape index (κ3) is 2.62. The normalized spacial score (nSPS) is 11.4. The monoisotopic (exact) mass is 311 g/mol. The maximum absolute atomic E-state index is 4.84. The van der Waals surface area contributed by atoms with Gasteiger partial charge in [-0.05, 0) is 34.6 Å². The van der Waals surface area contributed by atoms with Crippen LogP contribution in [0.4, 0.5) is 5.82 Å². The van der Waals surface area contributed by atoms with Crippen LogP contribution >= 0.6 is 0 Å².